The summed E-state index contributed by atoms with van der Waals surface area (Å²) in [6, 6.07) is 12.7. The van der Waals surface area contributed by atoms with Gasteiger partial charge >= 0.3 is 0 Å². The number of carbonyl (C=O) groups is 3. The number of nitrogens with zero attached hydrogens (tertiary/aromatic N) is 3. The molecule has 8 nitrogen and oxygen atoms in total. The first-order valence-corrected chi connectivity index (χ1v) is 12.6. The monoisotopic (exact) mass is 491 g/mol. The molecule has 4 rings (SSSR count). The molecule has 0 aliphatic carbocycles. The van der Waals surface area contributed by atoms with Crippen molar-refractivity contribution in [3.8, 4) is 0 Å². The SMILES string of the molecule is CCCCC(=O)Nc1ccc(C(=O)Nc2nnc(C3CC(=O)N(c4ccc(C)c(C)c4)C3)s2)cc1. The van der Waals surface area contributed by atoms with E-state index >= 15 is 0 Å². The predicted molar refractivity (Wildman–Crippen MR) is 138 cm³/mol. The third-order valence-corrected chi connectivity index (χ3v) is 7.13. The Morgan fingerprint density at radius 2 is 1.83 bits per heavy atom. The Balaban J connectivity index is 1.36. The maximum atomic E-state index is 12.7. The lowest BCUT2D eigenvalue weighted by atomic mass is 10.1. The Morgan fingerprint density at radius 1 is 1.06 bits per heavy atom. The first-order chi connectivity index (χ1) is 16.8. The number of carbonyl (C=O) groups excluding carboxylic acids is 3. The second kappa shape index (κ2) is 10.8. The number of aromatic nitrogens is 2. The van der Waals surface area contributed by atoms with E-state index in [0.29, 0.717) is 35.8 Å². The summed E-state index contributed by atoms with van der Waals surface area (Å²) in [6.07, 6.45) is 2.64. The number of nitrogens with one attached hydrogen (secondary N) is 2. The maximum absolute atomic E-state index is 12.7. The Labute approximate surface area is 208 Å². The first-order valence-electron chi connectivity index (χ1n) is 11.8. The normalized spacial score (nSPS) is 15.3. The van der Waals surface area contributed by atoms with Gasteiger partial charge in [0.25, 0.3) is 5.91 Å². The van der Waals surface area contributed by atoms with Crippen LogP contribution in [0.1, 0.15) is 65.0 Å². The van der Waals surface area contributed by atoms with Gasteiger partial charge in [0.1, 0.15) is 5.01 Å². The van der Waals surface area contributed by atoms with Crippen LogP contribution in [-0.4, -0.2) is 34.5 Å². The van der Waals surface area contributed by atoms with Crippen LogP contribution in [0.15, 0.2) is 42.5 Å². The summed E-state index contributed by atoms with van der Waals surface area (Å²) >= 11 is 1.29. The predicted octanol–water partition coefficient (Wildman–Crippen LogP) is 5.06. The number of hydrogen-bond acceptors (Lipinski definition) is 6. The molecule has 1 unspecified atom stereocenters. The molecule has 1 saturated heterocycles. The zero-order valence-electron chi connectivity index (χ0n) is 20.1. The van der Waals surface area contributed by atoms with Crippen LogP contribution in [0.2, 0.25) is 0 Å². The van der Waals surface area contributed by atoms with Gasteiger partial charge in [-0.2, -0.15) is 0 Å². The molecule has 3 aromatic rings. The van der Waals surface area contributed by atoms with Crippen molar-refractivity contribution in [2.75, 3.05) is 22.1 Å². The highest BCUT2D eigenvalue weighted by Gasteiger charge is 2.34. The molecule has 1 aromatic heterocycles. The summed E-state index contributed by atoms with van der Waals surface area (Å²) < 4.78 is 0. The molecular formula is C26H29N5O3S. The van der Waals surface area contributed by atoms with Crippen molar-refractivity contribution in [2.45, 2.75) is 52.4 Å². The quantitative estimate of drug-likeness (QED) is 0.459. The van der Waals surface area contributed by atoms with Gasteiger partial charge < -0.3 is 10.2 Å². The Bertz CT molecular complexity index is 1240. The van der Waals surface area contributed by atoms with E-state index < -0.39 is 0 Å². The van der Waals surface area contributed by atoms with Gasteiger partial charge in [0.05, 0.1) is 0 Å². The summed E-state index contributed by atoms with van der Waals surface area (Å²) in [7, 11) is 0. The Morgan fingerprint density at radius 3 is 2.54 bits per heavy atom. The lowest BCUT2D eigenvalue weighted by molar-refractivity contribution is -0.117. The molecule has 0 spiro atoms. The number of benzene rings is 2. The van der Waals surface area contributed by atoms with Crippen molar-refractivity contribution in [3.05, 3.63) is 64.2 Å². The summed E-state index contributed by atoms with van der Waals surface area (Å²) in [4.78, 5) is 39.0. The molecule has 1 aliphatic heterocycles. The summed E-state index contributed by atoms with van der Waals surface area (Å²) in [6.45, 7) is 6.66. The molecule has 35 heavy (non-hydrogen) atoms. The van der Waals surface area contributed by atoms with Crippen molar-refractivity contribution in [2.24, 2.45) is 0 Å². The Kier molecular flexibility index (Phi) is 7.55. The van der Waals surface area contributed by atoms with Crippen LogP contribution in [0, 0.1) is 13.8 Å². The minimum absolute atomic E-state index is 0.0353. The number of aryl methyl sites for hydroxylation is 2. The van der Waals surface area contributed by atoms with Crippen LogP contribution in [0.25, 0.3) is 0 Å². The molecule has 2 aromatic carbocycles. The van der Waals surface area contributed by atoms with Crippen LogP contribution in [0.3, 0.4) is 0 Å². The second-order valence-corrected chi connectivity index (χ2v) is 9.81. The van der Waals surface area contributed by atoms with Gasteiger partial charge in [0.2, 0.25) is 16.9 Å². The first kappa shape index (κ1) is 24.5. The molecule has 9 heteroatoms. The van der Waals surface area contributed by atoms with Gasteiger partial charge in [0.15, 0.2) is 0 Å². The van der Waals surface area contributed by atoms with Crippen LogP contribution in [0.4, 0.5) is 16.5 Å². The third-order valence-electron chi connectivity index (χ3n) is 6.13. The number of unbranched alkanes of at least 4 members (excludes halogenated alkanes) is 1. The summed E-state index contributed by atoms with van der Waals surface area (Å²) in [5, 5.41) is 15.1. The van der Waals surface area contributed by atoms with Gasteiger partial charge in [-0.3, -0.25) is 19.7 Å². The van der Waals surface area contributed by atoms with E-state index in [1.807, 2.05) is 39.0 Å². The molecule has 1 fully saturated rings. The fraction of sp³-hybridized carbons (Fsp3) is 0.346. The van der Waals surface area contributed by atoms with Crippen LogP contribution in [-0.2, 0) is 9.59 Å². The summed E-state index contributed by atoms with van der Waals surface area (Å²) in [5.41, 5.74) is 4.33. The number of hydrogen-bond donors (Lipinski definition) is 2. The topological polar surface area (TPSA) is 104 Å². The highest BCUT2D eigenvalue weighted by atomic mass is 32.1. The second-order valence-electron chi connectivity index (χ2n) is 8.80. The fourth-order valence-corrected chi connectivity index (χ4v) is 4.73. The van der Waals surface area contributed by atoms with Crippen molar-refractivity contribution in [1.82, 2.24) is 10.2 Å². The summed E-state index contributed by atoms with van der Waals surface area (Å²) in [5.74, 6) is -0.355. The minimum Gasteiger partial charge on any atom is -0.326 e. The van der Waals surface area contributed by atoms with Crippen molar-refractivity contribution >= 4 is 45.6 Å². The van der Waals surface area contributed by atoms with Gasteiger partial charge in [-0.05, 0) is 67.8 Å². The molecule has 3 amide bonds. The molecule has 0 saturated carbocycles. The third kappa shape index (κ3) is 5.92. The average molecular weight is 492 g/mol. The smallest absolute Gasteiger partial charge is 0.257 e. The van der Waals surface area contributed by atoms with Crippen LogP contribution < -0.4 is 15.5 Å². The molecule has 182 valence electrons. The van der Waals surface area contributed by atoms with E-state index in [-0.39, 0.29) is 23.6 Å². The minimum atomic E-state index is -0.309. The number of rotatable bonds is 8. The highest BCUT2D eigenvalue weighted by Crippen LogP contribution is 2.34. The van der Waals surface area contributed by atoms with Gasteiger partial charge in [-0.25, -0.2) is 0 Å². The molecule has 0 bridgehead atoms. The van der Waals surface area contributed by atoms with E-state index in [2.05, 4.69) is 20.8 Å². The van der Waals surface area contributed by atoms with Crippen LogP contribution in [0.5, 0.6) is 0 Å². The van der Waals surface area contributed by atoms with E-state index in [1.54, 1.807) is 29.2 Å². The van der Waals surface area contributed by atoms with E-state index in [4.69, 9.17) is 0 Å². The van der Waals surface area contributed by atoms with Crippen molar-refractivity contribution < 1.29 is 14.4 Å². The van der Waals surface area contributed by atoms with Crippen molar-refractivity contribution in [1.29, 1.82) is 0 Å². The number of anilines is 3. The highest BCUT2D eigenvalue weighted by molar-refractivity contribution is 7.15. The van der Waals surface area contributed by atoms with Gasteiger partial charge in [-0.15, -0.1) is 10.2 Å². The lowest BCUT2D eigenvalue weighted by Gasteiger charge is -2.17. The lowest BCUT2D eigenvalue weighted by Crippen LogP contribution is -2.24. The zero-order chi connectivity index (χ0) is 24.9. The molecular weight excluding hydrogens is 462 g/mol. The van der Waals surface area contributed by atoms with Gasteiger partial charge in [0, 0.05) is 42.2 Å². The molecule has 1 aliphatic rings. The Hall–Kier alpha value is -3.59. The zero-order valence-corrected chi connectivity index (χ0v) is 20.9. The fourth-order valence-electron chi connectivity index (χ4n) is 3.90. The van der Waals surface area contributed by atoms with Crippen molar-refractivity contribution in [3.63, 3.8) is 0 Å². The van der Waals surface area contributed by atoms with Gasteiger partial charge in [-0.1, -0.05) is 30.7 Å². The molecule has 2 N–H and O–H groups in total. The molecule has 0 radical (unpaired) electrons. The average Bonchev–Trinajstić information content (AvgIpc) is 3.46. The largest absolute Gasteiger partial charge is 0.326 e. The van der Waals surface area contributed by atoms with E-state index in [0.717, 1.165) is 29.1 Å². The standard InChI is InChI=1S/C26H29N5O3S/c1-4-5-6-22(32)27-20-10-8-18(9-11-20)24(34)28-26-30-29-25(35-26)19-14-23(33)31(15-19)21-12-7-16(2)17(3)13-21/h7-13,19H,4-6,14-15H2,1-3H3,(H,27,32)(H,28,30,34). The van der Waals surface area contributed by atoms with E-state index in [1.165, 1.54) is 16.9 Å². The number of amides is 3. The molecule has 1 atom stereocenters. The van der Waals surface area contributed by atoms with Crippen LogP contribution >= 0.6 is 11.3 Å². The van der Waals surface area contributed by atoms with E-state index in [9.17, 15) is 14.4 Å². The maximum Gasteiger partial charge on any atom is 0.257 e. The molecule has 2 heterocycles.